The van der Waals surface area contributed by atoms with Gasteiger partial charge in [-0.2, -0.15) is 0 Å². The molecule has 4 nitrogen and oxygen atoms in total. The van der Waals surface area contributed by atoms with Gasteiger partial charge in [0.15, 0.2) is 0 Å². The summed E-state index contributed by atoms with van der Waals surface area (Å²) in [5.74, 6) is -0.146. The van der Waals surface area contributed by atoms with E-state index in [1.54, 1.807) is 7.11 Å². The van der Waals surface area contributed by atoms with Crippen LogP contribution in [-0.2, 0) is 19.0 Å². The minimum atomic E-state index is -0.134. The number of methoxy groups -OCH3 is 1. The average Bonchev–Trinajstić information content (AvgIpc) is 2.31. The summed E-state index contributed by atoms with van der Waals surface area (Å²) in [7, 11) is 1.69. The zero-order valence-corrected chi connectivity index (χ0v) is 10.7. The minimum Gasteiger partial charge on any atom is -0.463 e. The third-order valence-electron chi connectivity index (χ3n) is 2.37. The van der Waals surface area contributed by atoms with Crippen LogP contribution in [0.25, 0.3) is 0 Å². The Balaban J connectivity index is 3.18. The van der Waals surface area contributed by atoms with Gasteiger partial charge in [-0.1, -0.05) is 13.8 Å². The molecular formula is C12H24O4. The molecule has 1 unspecified atom stereocenters. The molecule has 0 bridgehead atoms. The molecular weight excluding hydrogens is 208 g/mol. The molecule has 96 valence electrons. The topological polar surface area (TPSA) is 44.8 Å². The smallest absolute Gasteiger partial charge is 0.308 e. The first-order valence-corrected chi connectivity index (χ1v) is 5.95. The Morgan fingerprint density at radius 1 is 1.12 bits per heavy atom. The zero-order valence-electron chi connectivity index (χ0n) is 10.7. The molecule has 0 aliphatic carbocycles. The molecule has 0 aromatic heterocycles. The average molecular weight is 232 g/mol. The molecule has 0 aromatic rings. The number of esters is 1. The van der Waals surface area contributed by atoms with Gasteiger partial charge in [-0.25, -0.2) is 0 Å². The van der Waals surface area contributed by atoms with E-state index in [0.717, 1.165) is 25.9 Å². The van der Waals surface area contributed by atoms with Crippen molar-refractivity contribution in [2.75, 3.05) is 33.5 Å². The van der Waals surface area contributed by atoms with Gasteiger partial charge in [0.05, 0.1) is 12.5 Å². The lowest BCUT2D eigenvalue weighted by atomic mass is 10.1. The Kier molecular flexibility index (Phi) is 10.5. The first-order valence-electron chi connectivity index (χ1n) is 5.95. The van der Waals surface area contributed by atoms with Crippen LogP contribution >= 0.6 is 0 Å². The Morgan fingerprint density at radius 2 is 1.81 bits per heavy atom. The fourth-order valence-electron chi connectivity index (χ4n) is 1.06. The van der Waals surface area contributed by atoms with Crippen LogP contribution < -0.4 is 0 Å². The van der Waals surface area contributed by atoms with E-state index in [4.69, 9.17) is 14.2 Å². The number of ether oxygens (including phenoxy) is 3. The summed E-state index contributed by atoms with van der Waals surface area (Å²) in [5, 5.41) is 0. The van der Waals surface area contributed by atoms with Gasteiger partial charge in [0.25, 0.3) is 0 Å². The van der Waals surface area contributed by atoms with E-state index in [9.17, 15) is 4.79 Å². The van der Waals surface area contributed by atoms with Crippen molar-refractivity contribution in [2.45, 2.75) is 33.1 Å². The van der Waals surface area contributed by atoms with Crippen LogP contribution in [-0.4, -0.2) is 39.5 Å². The van der Waals surface area contributed by atoms with Gasteiger partial charge in [0.2, 0.25) is 0 Å². The molecule has 0 amide bonds. The van der Waals surface area contributed by atoms with Gasteiger partial charge in [-0.05, 0) is 19.3 Å². The van der Waals surface area contributed by atoms with E-state index in [1.807, 2.05) is 13.8 Å². The lowest BCUT2D eigenvalue weighted by molar-refractivity contribution is -0.149. The lowest BCUT2D eigenvalue weighted by Crippen LogP contribution is -2.17. The van der Waals surface area contributed by atoms with Crippen LogP contribution in [0.4, 0.5) is 0 Å². The van der Waals surface area contributed by atoms with E-state index in [0.29, 0.717) is 19.8 Å². The van der Waals surface area contributed by atoms with Crippen molar-refractivity contribution in [1.29, 1.82) is 0 Å². The van der Waals surface area contributed by atoms with E-state index in [1.165, 1.54) is 0 Å². The van der Waals surface area contributed by atoms with Gasteiger partial charge in [0.1, 0.15) is 6.61 Å². The number of hydrogen-bond acceptors (Lipinski definition) is 4. The fourth-order valence-corrected chi connectivity index (χ4v) is 1.06. The Labute approximate surface area is 98.3 Å². The number of carbonyl (C=O) groups is 1. The molecule has 0 aromatic carbocycles. The van der Waals surface area contributed by atoms with Gasteiger partial charge >= 0.3 is 5.97 Å². The van der Waals surface area contributed by atoms with Crippen molar-refractivity contribution in [3.8, 4) is 0 Å². The Hall–Kier alpha value is -0.610. The number of rotatable bonds is 10. The summed E-state index contributed by atoms with van der Waals surface area (Å²) in [5.41, 5.74) is 0. The first-order chi connectivity index (χ1) is 7.72. The Morgan fingerprint density at radius 3 is 2.44 bits per heavy atom. The monoisotopic (exact) mass is 232 g/mol. The first kappa shape index (κ1) is 15.4. The predicted molar refractivity (Wildman–Crippen MR) is 62.3 cm³/mol. The van der Waals surface area contributed by atoms with Crippen molar-refractivity contribution in [2.24, 2.45) is 5.92 Å². The van der Waals surface area contributed by atoms with Crippen LogP contribution in [0.5, 0.6) is 0 Å². The van der Waals surface area contributed by atoms with Gasteiger partial charge in [-0.15, -0.1) is 0 Å². The SMILES string of the molecule is CCC(C)C(=O)OCCOCCCCOC. The molecule has 0 saturated heterocycles. The van der Waals surface area contributed by atoms with Gasteiger partial charge in [0, 0.05) is 20.3 Å². The van der Waals surface area contributed by atoms with Crippen molar-refractivity contribution < 1.29 is 19.0 Å². The third kappa shape index (κ3) is 8.68. The molecule has 0 rings (SSSR count). The molecule has 0 aliphatic heterocycles. The summed E-state index contributed by atoms with van der Waals surface area (Å²) in [6, 6.07) is 0. The normalized spacial score (nSPS) is 12.4. The van der Waals surface area contributed by atoms with Crippen molar-refractivity contribution in [3.05, 3.63) is 0 Å². The van der Waals surface area contributed by atoms with Crippen LogP contribution in [0.15, 0.2) is 0 Å². The highest BCUT2D eigenvalue weighted by Gasteiger charge is 2.10. The third-order valence-corrected chi connectivity index (χ3v) is 2.37. The number of hydrogen-bond donors (Lipinski definition) is 0. The largest absolute Gasteiger partial charge is 0.463 e. The standard InChI is InChI=1S/C12H24O4/c1-4-11(2)12(13)16-10-9-15-8-6-5-7-14-3/h11H,4-10H2,1-3H3. The quantitative estimate of drug-likeness (QED) is 0.427. The van der Waals surface area contributed by atoms with Crippen LogP contribution in [0.2, 0.25) is 0 Å². The predicted octanol–water partition coefficient (Wildman–Crippen LogP) is 2.02. The molecule has 16 heavy (non-hydrogen) atoms. The lowest BCUT2D eigenvalue weighted by Gasteiger charge is -2.09. The maximum atomic E-state index is 11.3. The number of unbranched alkanes of at least 4 members (excludes halogenated alkanes) is 1. The van der Waals surface area contributed by atoms with Crippen molar-refractivity contribution in [3.63, 3.8) is 0 Å². The summed E-state index contributed by atoms with van der Waals surface area (Å²) >= 11 is 0. The second-order valence-electron chi connectivity index (χ2n) is 3.79. The maximum Gasteiger partial charge on any atom is 0.308 e. The second-order valence-corrected chi connectivity index (χ2v) is 3.79. The summed E-state index contributed by atoms with van der Waals surface area (Å²) in [4.78, 5) is 11.3. The highest BCUT2D eigenvalue weighted by molar-refractivity contribution is 5.71. The summed E-state index contributed by atoms with van der Waals surface area (Å²) in [6.45, 7) is 6.14. The molecule has 0 N–H and O–H groups in total. The molecule has 4 heteroatoms. The molecule has 0 aliphatic rings. The molecule has 0 spiro atoms. The van der Waals surface area contributed by atoms with E-state index in [2.05, 4.69) is 0 Å². The van der Waals surface area contributed by atoms with E-state index >= 15 is 0 Å². The van der Waals surface area contributed by atoms with Crippen molar-refractivity contribution in [1.82, 2.24) is 0 Å². The highest BCUT2D eigenvalue weighted by Crippen LogP contribution is 2.02. The summed E-state index contributed by atoms with van der Waals surface area (Å²) < 4.78 is 15.3. The summed E-state index contributed by atoms with van der Waals surface area (Å²) in [6.07, 6.45) is 2.80. The maximum absolute atomic E-state index is 11.3. The highest BCUT2D eigenvalue weighted by atomic mass is 16.6. The molecule has 0 saturated carbocycles. The second kappa shape index (κ2) is 10.9. The van der Waals surface area contributed by atoms with E-state index in [-0.39, 0.29) is 11.9 Å². The van der Waals surface area contributed by atoms with Crippen LogP contribution in [0.1, 0.15) is 33.1 Å². The van der Waals surface area contributed by atoms with Gasteiger partial charge < -0.3 is 14.2 Å². The van der Waals surface area contributed by atoms with Crippen molar-refractivity contribution >= 4 is 5.97 Å². The molecule has 1 atom stereocenters. The minimum absolute atomic E-state index is 0.0123. The molecule has 0 fully saturated rings. The number of carbonyl (C=O) groups excluding carboxylic acids is 1. The molecule has 0 radical (unpaired) electrons. The van der Waals surface area contributed by atoms with Crippen LogP contribution in [0.3, 0.4) is 0 Å². The van der Waals surface area contributed by atoms with E-state index < -0.39 is 0 Å². The fraction of sp³-hybridized carbons (Fsp3) is 0.917. The van der Waals surface area contributed by atoms with Gasteiger partial charge in [-0.3, -0.25) is 4.79 Å². The zero-order chi connectivity index (χ0) is 12.2. The molecule has 0 heterocycles. The Bertz CT molecular complexity index is 170. The van der Waals surface area contributed by atoms with Crippen LogP contribution in [0, 0.1) is 5.92 Å².